The van der Waals surface area contributed by atoms with Crippen molar-refractivity contribution < 1.29 is 4.79 Å². The Labute approximate surface area is 142 Å². The Hall–Kier alpha value is -2.48. The first kappa shape index (κ1) is 16.4. The van der Waals surface area contributed by atoms with Gasteiger partial charge in [-0.3, -0.25) is 19.2 Å². The van der Waals surface area contributed by atoms with Crippen LogP contribution in [0.2, 0.25) is 0 Å². The molecule has 0 saturated carbocycles. The lowest BCUT2D eigenvalue weighted by Crippen LogP contribution is -2.28. The summed E-state index contributed by atoms with van der Waals surface area (Å²) in [5.41, 5.74) is 1.31. The number of hydrogen-bond acceptors (Lipinski definition) is 5. The van der Waals surface area contributed by atoms with Crippen molar-refractivity contribution in [2.24, 2.45) is 13.0 Å². The Balaban J connectivity index is 1.77. The van der Waals surface area contributed by atoms with Crippen molar-refractivity contribution in [1.82, 2.24) is 19.3 Å². The zero-order chi connectivity index (χ0) is 17.3. The summed E-state index contributed by atoms with van der Waals surface area (Å²) in [7, 11) is 1.70. The number of nitrogens with zero attached hydrogens (tertiary/aromatic N) is 4. The van der Waals surface area contributed by atoms with E-state index in [9.17, 15) is 9.59 Å². The van der Waals surface area contributed by atoms with Gasteiger partial charge < -0.3 is 0 Å². The van der Waals surface area contributed by atoms with Crippen LogP contribution in [0.3, 0.4) is 0 Å². The number of rotatable bonds is 5. The number of aryl methyl sites for hydroxylation is 1. The second-order valence-corrected chi connectivity index (χ2v) is 7.13. The summed E-state index contributed by atoms with van der Waals surface area (Å²) >= 11 is 1.37. The average molecular weight is 345 g/mol. The Morgan fingerprint density at radius 1 is 1.25 bits per heavy atom. The maximum Gasteiger partial charge on any atom is 0.329 e. The molecule has 3 aromatic rings. The molecule has 0 radical (unpaired) electrons. The summed E-state index contributed by atoms with van der Waals surface area (Å²) in [4.78, 5) is 24.6. The van der Waals surface area contributed by atoms with Crippen LogP contribution in [0.25, 0.3) is 11.0 Å². The third kappa shape index (κ3) is 3.23. The Kier molecular flexibility index (Phi) is 4.48. The first-order valence-electron chi connectivity index (χ1n) is 7.72. The molecule has 7 nitrogen and oxygen atoms in total. The second kappa shape index (κ2) is 6.56. The van der Waals surface area contributed by atoms with Crippen molar-refractivity contribution in [3.63, 3.8) is 0 Å². The maximum atomic E-state index is 12.3. The smallest absolute Gasteiger partial charge is 0.299 e. The van der Waals surface area contributed by atoms with E-state index in [0.717, 1.165) is 22.5 Å². The van der Waals surface area contributed by atoms with Crippen LogP contribution < -0.4 is 11.0 Å². The van der Waals surface area contributed by atoms with Crippen LogP contribution in [-0.4, -0.2) is 25.2 Å². The molecule has 0 aliphatic heterocycles. The van der Waals surface area contributed by atoms with Gasteiger partial charge in [-0.05, 0) is 18.1 Å². The van der Waals surface area contributed by atoms with E-state index in [1.165, 1.54) is 20.5 Å². The Bertz CT molecular complexity index is 937. The quantitative estimate of drug-likeness (QED) is 0.767. The number of nitrogens with one attached hydrogen (secondary N) is 1. The predicted molar refractivity (Wildman–Crippen MR) is 94.3 cm³/mol. The number of para-hydroxylation sites is 2. The number of fused-ring (bicyclic) bond motifs is 1. The van der Waals surface area contributed by atoms with Crippen molar-refractivity contribution in [2.45, 2.75) is 26.8 Å². The molecule has 0 bridgehead atoms. The minimum absolute atomic E-state index is 0.0563. The summed E-state index contributed by atoms with van der Waals surface area (Å²) in [5.74, 6) is 0.191. The van der Waals surface area contributed by atoms with Crippen LogP contribution in [0.15, 0.2) is 29.1 Å². The lowest BCUT2D eigenvalue weighted by molar-refractivity contribution is -0.116. The molecule has 1 amide bonds. The molecule has 0 fully saturated rings. The van der Waals surface area contributed by atoms with Crippen molar-refractivity contribution in [3.05, 3.63) is 39.8 Å². The standard InChI is InChI=1S/C16H19N5O2S/c1-10(2)8-14-18-19-15(24-14)17-13(22)9-21-12-7-5-4-6-11(12)20(3)16(21)23/h4-7,10H,8-9H2,1-3H3,(H,17,19,22). The van der Waals surface area contributed by atoms with Crippen LogP contribution in [0, 0.1) is 5.92 Å². The molecule has 0 spiro atoms. The summed E-state index contributed by atoms with van der Waals surface area (Å²) in [6.45, 7) is 4.15. The topological polar surface area (TPSA) is 81.8 Å². The van der Waals surface area contributed by atoms with Gasteiger partial charge in [0.15, 0.2) is 0 Å². The van der Waals surface area contributed by atoms with E-state index in [2.05, 4.69) is 29.4 Å². The molecule has 24 heavy (non-hydrogen) atoms. The molecular weight excluding hydrogens is 326 g/mol. The van der Waals surface area contributed by atoms with Gasteiger partial charge >= 0.3 is 5.69 Å². The van der Waals surface area contributed by atoms with Gasteiger partial charge in [0.1, 0.15) is 11.6 Å². The van der Waals surface area contributed by atoms with Gasteiger partial charge in [0.2, 0.25) is 11.0 Å². The van der Waals surface area contributed by atoms with Crippen LogP contribution >= 0.6 is 11.3 Å². The largest absolute Gasteiger partial charge is 0.329 e. The minimum Gasteiger partial charge on any atom is -0.299 e. The van der Waals surface area contributed by atoms with Crippen molar-refractivity contribution in [1.29, 1.82) is 0 Å². The minimum atomic E-state index is -0.291. The van der Waals surface area contributed by atoms with E-state index >= 15 is 0 Å². The third-order valence-electron chi connectivity index (χ3n) is 3.65. The highest BCUT2D eigenvalue weighted by molar-refractivity contribution is 7.15. The summed E-state index contributed by atoms with van der Waals surface area (Å²) in [5, 5.41) is 12.1. The normalized spacial score (nSPS) is 11.3. The Morgan fingerprint density at radius 2 is 1.96 bits per heavy atom. The average Bonchev–Trinajstić information content (AvgIpc) is 3.05. The van der Waals surface area contributed by atoms with Crippen molar-refractivity contribution >= 4 is 33.4 Å². The van der Waals surface area contributed by atoms with E-state index < -0.39 is 0 Å². The molecule has 126 valence electrons. The molecule has 2 heterocycles. The highest BCUT2D eigenvalue weighted by Gasteiger charge is 2.15. The number of hydrogen-bond donors (Lipinski definition) is 1. The van der Waals surface area contributed by atoms with E-state index in [-0.39, 0.29) is 18.1 Å². The first-order chi connectivity index (χ1) is 11.5. The number of anilines is 1. The molecule has 0 aliphatic carbocycles. The van der Waals surface area contributed by atoms with Gasteiger partial charge in [-0.1, -0.05) is 37.3 Å². The number of carbonyl (C=O) groups is 1. The molecular formula is C16H19N5O2S. The van der Waals surface area contributed by atoms with E-state index in [0.29, 0.717) is 11.0 Å². The summed E-state index contributed by atoms with van der Waals surface area (Å²) < 4.78 is 3.00. The number of imidazole rings is 1. The molecule has 1 N–H and O–H groups in total. The maximum absolute atomic E-state index is 12.3. The van der Waals surface area contributed by atoms with Gasteiger partial charge in [0, 0.05) is 13.5 Å². The van der Waals surface area contributed by atoms with Crippen LogP contribution in [0.5, 0.6) is 0 Å². The summed E-state index contributed by atoms with van der Waals surface area (Å²) in [6.07, 6.45) is 0.830. The van der Waals surface area contributed by atoms with E-state index in [4.69, 9.17) is 0 Å². The number of carbonyl (C=O) groups excluding carboxylic acids is 1. The molecule has 0 atom stereocenters. The van der Waals surface area contributed by atoms with Gasteiger partial charge in [0.25, 0.3) is 0 Å². The molecule has 3 rings (SSSR count). The Morgan fingerprint density at radius 3 is 2.67 bits per heavy atom. The monoisotopic (exact) mass is 345 g/mol. The van der Waals surface area contributed by atoms with Gasteiger partial charge in [-0.2, -0.15) is 0 Å². The lowest BCUT2D eigenvalue weighted by atomic mass is 10.1. The third-order valence-corrected chi connectivity index (χ3v) is 4.51. The number of amides is 1. The van der Waals surface area contributed by atoms with Crippen LogP contribution in [0.4, 0.5) is 5.13 Å². The molecule has 0 aliphatic rings. The van der Waals surface area contributed by atoms with E-state index in [1.807, 2.05) is 24.3 Å². The highest BCUT2D eigenvalue weighted by Crippen LogP contribution is 2.18. The second-order valence-electron chi connectivity index (χ2n) is 6.06. The van der Waals surface area contributed by atoms with Crippen LogP contribution in [-0.2, 0) is 24.8 Å². The zero-order valence-electron chi connectivity index (χ0n) is 13.8. The van der Waals surface area contributed by atoms with Crippen LogP contribution in [0.1, 0.15) is 18.9 Å². The van der Waals surface area contributed by atoms with E-state index in [1.54, 1.807) is 7.05 Å². The van der Waals surface area contributed by atoms with Gasteiger partial charge in [-0.25, -0.2) is 4.79 Å². The fourth-order valence-corrected chi connectivity index (χ4v) is 3.52. The highest BCUT2D eigenvalue weighted by atomic mass is 32.1. The molecule has 8 heteroatoms. The van der Waals surface area contributed by atoms with Crippen molar-refractivity contribution in [3.8, 4) is 0 Å². The zero-order valence-corrected chi connectivity index (χ0v) is 14.6. The van der Waals surface area contributed by atoms with Crippen molar-refractivity contribution in [2.75, 3.05) is 5.32 Å². The summed E-state index contributed by atoms with van der Waals surface area (Å²) in [6, 6.07) is 7.40. The first-order valence-corrected chi connectivity index (χ1v) is 8.54. The molecule has 0 saturated heterocycles. The van der Waals surface area contributed by atoms with Gasteiger partial charge in [0.05, 0.1) is 11.0 Å². The number of benzene rings is 1. The lowest BCUT2D eigenvalue weighted by Gasteiger charge is -2.03. The number of aromatic nitrogens is 4. The predicted octanol–water partition coefficient (Wildman–Crippen LogP) is 2.03. The van der Waals surface area contributed by atoms with Gasteiger partial charge in [-0.15, -0.1) is 10.2 Å². The fraction of sp³-hybridized carbons (Fsp3) is 0.375. The molecule has 1 aromatic carbocycles. The molecule has 2 aromatic heterocycles. The fourth-order valence-electron chi connectivity index (χ4n) is 2.55. The molecule has 0 unspecified atom stereocenters. The SMILES string of the molecule is CC(C)Cc1nnc(NC(=O)Cn2c(=O)n(C)c3ccccc32)s1.